The van der Waals surface area contributed by atoms with Crippen LogP contribution in [0.3, 0.4) is 0 Å². The summed E-state index contributed by atoms with van der Waals surface area (Å²) in [7, 11) is 0. The van der Waals surface area contributed by atoms with Gasteiger partial charge in [0, 0.05) is 23.5 Å². The summed E-state index contributed by atoms with van der Waals surface area (Å²) in [4.78, 5) is 9.35. The van der Waals surface area contributed by atoms with Crippen LogP contribution in [0, 0.1) is 0 Å². The van der Waals surface area contributed by atoms with E-state index in [2.05, 4.69) is 29.4 Å². The molecule has 0 fully saturated rings. The lowest BCUT2D eigenvalue weighted by molar-refractivity contribution is 0.532. The molecule has 6 nitrogen and oxygen atoms in total. The SMILES string of the molecule is CC(C)n1cc(-c2nc3c(c(NN)n2)CCCCC3)cn1. The Morgan fingerprint density at radius 1 is 1.19 bits per heavy atom. The number of aryl methyl sites for hydroxylation is 1. The molecule has 3 N–H and O–H groups in total. The van der Waals surface area contributed by atoms with Crippen LogP contribution in [0.2, 0.25) is 0 Å². The molecule has 21 heavy (non-hydrogen) atoms. The molecule has 0 unspecified atom stereocenters. The van der Waals surface area contributed by atoms with Crippen LogP contribution in [-0.4, -0.2) is 19.7 Å². The molecule has 0 bridgehead atoms. The highest BCUT2D eigenvalue weighted by atomic mass is 15.3. The lowest BCUT2D eigenvalue weighted by Gasteiger charge is -2.12. The van der Waals surface area contributed by atoms with Crippen LogP contribution in [0.15, 0.2) is 12.4 Å². The third-order valence-corrected chi connectivity index (χ3v) is 3.96. The molecule has 1 aliphatic rings. The van der Waals surface area contributed by atoms with Crippen molar-refractivity contribution in [2.45, 2.75) is 52.0 Å². The summed E-state index contributed by atoms with van der Waals surface area (Å²) in [6.45, 7) is 4.20. The second-order valence-corrected chi connectivity index (χ2v) is 5.83. The van der Waals surface area contributed by atoms with Crippen molar-refractivity contribution in [3.05, 3.63) is 23.7 Å². The summed E-state index contributed by atoms with van der Waals surface area (Å²) < 4.78 is 1.92. The maximum absolute atomic E-state index is 5.66. The Kier molecular flexibility index (Phi) is 3.88. The van der Waals surface area contributed by atoms with E-state index in [0.717, 1.165) is 29.9 Å². The Morgan fingerprint density at radius 3 is 2.71 bits per heavy atom. The second kappa shape index (κ2) is 5.81. The Labute approximate surface area is 124 Å². The van der Waals surface area contributed by atoms with E-state index in [0.29, 0.717) is 11.9 Å². The molecule has 6 heteroatoms. The van der Waals surface area contributed by atoms with Crippen LogP contribution in [0.25, 0.3) is 11.4 Å². The highest BCUT2D eigenvalue weighted by molar-refractivity contribution is 5.58. The largest absolute Gasteiger partial charge is 0.308 e. The number of hydrazine groups is 1. The molecular formula is C15H22N6. The molecule has 2 aromatic rings. The van der Waals surface area contributed by atoms with E-state index < -0.39 is 0 Å². The molecule has 3 rings (SSSR count). The van der Waals surface area contributed by atoms with Crippen molar-refractivity contribution < 1.29 is 0 Å². The van der Waals surface area contributed by atoms with E-state index in [1.54, 1.807) is 0 Å². The van der Waals surface area contributed by atoms with Crippen LogP contribution in [0.1, 0.15) is 50.4 Å². The maximum Gasteiger partial charge on any atom is 0.165 e. The fourth-order valence-electron chi connectivity index (χ4n) is 2.76. The van der Waals surface area contributed by atoms with Crippen LogP contribution in [0.4, 0.5) is 5.82 Å². The first-order valence-corrected chi connectivity index (χ1v) is 7.60. The van der Waals surface area contributed by atoms with Crippen LogP contribution in [-0.2, 0) is 12.8 Å². The first kappa shape index (κ1) is 14.0. The Balaban J connectivity index is 2.04. The summed E-state index contributed by atoms with van der Waals surface area (Å²) in [5.41, 5.74) is 5.99. The van der Waals surface area contributed by atoms with Crippen molar-refractivity contribution >= 4 is 5.82 Å². The zero-order chi connectivity index (χ0) is 14.8. The number of nitrogens with zero attached hydrogens (tertiary/aromatic N) is 4. The van der Waals surface area contributed by atoms with Gasteiger partial charge in [0.2, 0.25) is 0 Å². The van der Waals surface area contributed by atoms with E-state index in [-0.39, 0.29) is 0 Å². The third-order valence-electron chi connectivity index (χ3n) is 3.96. The molecule has 0 aromatic carbocycles. The summed E-state index contributed by atoms with van der Waals surface area (Å²) in [5.74, 6) is 7.13. The number of hydrogen-bond donors (Lipinski definition) is 2. The minimum absolute atomic E-state index is 0.326. The molecule has 1 aliphatic carbocycles. The van der Waals surface area contributed by atoms with Gasteiger partial charge in [-0.15, -0.1) is 0 Å². The van der Waals surface area contributed by atoms with Gasteiger partial charge in [0.25, 0.3) is 0 Å². The van der Waals surface area contributed by atoms with Gasteiger partial charge in [-0.3, -0.25) is 4.68 Å². The van der Waals surface area contributed by atoms with Crippen molar-refractivity contribution in [1.82, 2.24) is 19.7 Å². The summed E-state index contributed by atoms with van der Waals surface area (Å²) >= 11 is 0. The van der Waals surface area contributed by atoms with E-state index in [1.807, 2.05) is 17.1 Å². The Hall–Kier alpha value is -1.95. The van der Waals surface area contributed by atoms with Gasteiger partial charge in [-0.1, -0.05) is 6.42 Å². The molecule has 0 aliphatic heterocycles. The van der Waals surface area contributed by atoms with Gasteiger partial charge in [0.1, 0.15) is 5.82 Å². The monoisotopic (exact) mass is 286 g/mol. The number of nitrogen functional groups attached to an aromatic ring is 1. The molecule has 0 saturated heterocycles. The molecule has 0 saturated carbocycles. The number of nitrogens with one attached hydrogen (secondary N) is 1. The van der Waals surface area contributed by atoms with Gasteiger partial charge in [-0.2, -0.15) is 5.10 Å². The average Bonchev–Trinajstić information content (AvgIpc) is 2.86. The summed E-state index contributed by atoms with van der Waals surface area (Å²) in [6, 6.07) is 0.326. The molecule has 0 amide bonds. The highest BCUT2D eigenvalue weighted by Crippen LogP contribution is 2.27. The highest BCUT2D eigenvalue weighted by Gasteiger charge is 2.17. The number of rotatable bonds is 3. The van der Waals surface area contributed by atoms with Gasteiger partial charge >= 0.3 is 0 Å². The maximum atomic E-state index is 5.66. The smallest absolute Gasteiger partial charge is 0.165 e. The topological polar surface area (TPSA) is 81.7 Å². The first-order chi connectivity index (χ1) is 10.2. The minimum Gasteiger partial charge on any atom is -0.308 e. The normalized spacial score (nSPS) is 14.9. The third kappa shape index (κ3) is 2.76. The fraction of sp³-hybridized carbons (Fsp3) is 0.533. The van der Waals surface area contributed by atoms with Crippen molar-refractivity contribution in [1.29, 1.82) is 0 Å². The van der Waals surface area contributed by atoms with Crippen molar-refractivity contribution in [3.8, 4) is 11.4 Å². The molecule has 2 heterocycles. The number of anilines is 1. The van der Waals surface area contributed by atoms with Crippen molar-refractivity contribution in [2.24, 2.45) is 5.84 Å². The number of fused-ring (bicyclic) bond motifs is 1. The van der Waals surface area contributed by atoms with Crippen LogP contribution >= 0.6 is 0 Å². The van der Waals surface area contributed by atoms with Crippen LogP contribution in [0.5, 0.6) is 0 Å². The lowest BCUT2D eigenvalue weighted by atomic mass is 10.1. The predicted molar refractivity (Wildman–Crippen MR) is 82.7 cm³/mol. The predicted octanol–water partition coefficient (Wildman–Crippen LogP) is 2.48. The van der Waals surface area contributed by atoms with Gasteiger partial charge in [-0.05, 0) is 39.5 Å². The van der Waals surface area contributed by atoms with Crippen LogP contribution < -0.4 is 11.3 Å². The van der Waals surface area contributed by atoms with Gasteiger partial charge < -0.3 is 5.43 Å². The summed E-state index contributed by atoms with van der Waals surface area (Å²) in [6.07, 6.45) is 9.40. The first-order valence-electron chi connectivity index (χ1n) is 7.60. The van der Waals surface area contributed by atoms with Gasteiger partial charge in [0.15, 0.2) is 5.82 Å². The standard InChI is InChI=1S/C15H22N6/c1-10(2)21-9-11(8-17-21)14-18-13-7-5-3-4-6-12(13)15(19-14)20-16/h8-10H,3-7,16H2,1-2H3,(H,18,19,20). The van der Waals surface area contributed by atoms with E-state index in [4.69, 9.17) is 10.8 Å². The van der Waals surface area contributed by atoms with Gasteiger partial charge in [-0.25, -0.2) is 15.8 Å². The molecular weight excluding hydrogens is 264 g/mol. The molecule has 0 atom stereocenters. The summed E-state index contributed by atoms with van der Waals surface area (Å²) in [5, 5.41) is 4.36. The molecule has 112 valence electrons. The number of hydrogen-bond acceptors (Lipinski definition) is 5. The molecule has 0 spiro atoms. The van der Waals surface area contributed by atoms with Crippen molar-refractivity contribution in [3.63, 3.8) is 0 Å². The average molecular weight is 286 g/mol. The minimum atomic E-state index is 0.326. The molecule has 2 aromatic heterocycles. The quantitative estimate of drug-likeness (QED) is 0.514. The lowest BCUT2D eigenvalue weighted by Crippen LogP contribution is -2.14. The molecule has 0 radical (unpaired) electrons. The van der Waals surface area contributed by atoms with Crippen molar-refractivity contribution in [2.75, 3.05) is 5.43 Å². The van der Waals surface area contributed by atoms with E-state index in [9.17, 15) is 0 Å². The Morgan fingerprint density at radius 2 is 2.00 bits per heavy atom. The van der Waals surface area contributed by atoms with E-state index in [1.165, 1.54) is 24.8 Å². The second-order valence-electron chi connectivity index (χ2n) is 5.83. The number of nitrogens with two attached hydrogens (primary N) is 1. The van der Waals surface area contributed by atoms with E-state index >= 15 is 0 Å². The Bertz CT molecular complexity index is 631. The number of aromatic nitrogens is 4. The zero-order valence-corrected chi connectivity index (χ0v) is 12.6. The van der Waals surface area contributed by atoms with Gasteiger partial charge in [0.05, 0.1) is 11.8 Å². The zero-order valence-electron chi connectivity index (χ0n) is 12.6. The fourth-order valence-corrected chi connectivity index (χ4v) is 2.76.